The van der Waals surface area contributed by atoms with Crippen LogP contribution in [0, 0.1) is 0 Å². The number of nitrogens with two attached hydrogens (primary N) is 1. The van der Waals surface area contributed by atoms with Crippen LogP contribution in [0.1, 0.15) is 38.2 Å². The van der Waals surface area contributed by atoms with Gasteiger partial charge in [0.2, 0.25) is 5.91 Å². The van der Waals surface area contributed by atoms with E-state index in [1.165, 1.54) is 0 Å². The van der Waals surface area contributed by atoms with Gasteiger partial charge >= 0.3 is 6.09 Å². The van der Waals surface area contributed by atoms with E-state index in [0.717, 1.165) is 31.2 Å². The first-order chi connectivity index (χ1) is 12.1. The average Bonchev–Trinajstić information content (AvgIpc) is 3.46. The fourth-order valence-corrected chi connectivity index (χ4v) is 3.38. The predicted octanol–water partition coefficient (Wildman–Crippen LogP) is 2.13. The van der Waals surface area contributed by atoms with Crippen LogP contribution in [0.4, 0.5) is 4.79 Å². The highest BCUT2D eigenvalue weighted by atomic mass is 16.6. The van der Waals surface area contributed by atoms with Crippen LogP contribution in [0.3, 0.4) is 0 Å². The summed E-state index contributed by atoms with van der Waals surface area (Å²) >= 11 is 0. The number of hydrogen-bond acceptors (Lipinski definition) is 4. The van der Waals surface area contributed by atoms with Gasteiger partial charge in [0.05, 0.1) is 6.04 Å². The Hall–Kier alpha value is -2.08. The van der Waals surface area contributed by atoms with Gasteiger partial charge in [0.15, 0.2) is 0 Å². The zero-order chi connectivity index (χ0) is 17.8. The standard InChI is InChI=1S/C19H27N3O3/c1-14(20)18(23)22(16-7-8-16)17-9-11-21(12-10-17)19(24)25-13-15-5-3-2-4-6-15/h2-6,14,16-17H,7-13,20H2,1H3. The molecule has 2 aliphatic rings. The number of amides is 2. The van der Waals surface area contributed by atoms with Crippen molar-refractivity contribution in [1.82, 2.24) is 9.80 Å². The number of ether oxygens (including phenoxy) is 1. The minimum absolute atomic E-state index is 0.0348. The van der Waals surface area contributed by atoms with Gasteiger partial charge in [-0.1, -0.05) is 30.3 Å². The van der Waals surface area contributed by atoms with Crippen molar-refractivity contribution in [3.63, 3.8) is 0 Å². The highest BCUT2D eigenvalue weighted by Crippen LogP contribution is 2.32. The summed E-state index contributed by atoms with van der Waals surface area (Å²) in [6.07, 6.45) is 3.43. The van der Waals surface area contributed by atoms with Crippen LogP contribution in [0.25, 0.3) is 0 Å². The molecule has 0 spiro atoms. The summed E-state index contributed by atoms with van der Waals surface area (Å²) in [4.78, 5) is 28.4. The molecule has 1 saturated heterocycles. The highest BCUT2D eigenvalue weighted by molar-refractivity contribution is 5.82. The molecule has 1 heterocycles. The lowest BCUT2D eigenvalue weighted by Gasteiger charge is -2.39. The third kappa shape index (κ3) is 4.51. The first-order valence-corrected chi connectivity index (χ1v) is 9.09. The molecule has 1 atom stereocenters. The molecular formula is C19H27N3O3. The van der Waals surface area contributed by atoms with Crippen molar-refractivity contribution >= 4 is 12.0 Å². The van der Waals surface area contributed by atoms with E-state index in [2.05, 4.69) is 0 Å². The second-order valence-corrected chi connectivity index (χ2v) is 7.02. The van der Waals surface area contributed by atoms with Gasteiger partial charge in [-0.25, -0.2) is 4.79 Å². The SMILES string of the molecule is CC(N)C(=O)N(C1CC1)C1CCN(C(=O)OCc2ccccc2)CC1. The molecule has 0 bridgehead atoms. The second kappa shape index (κ2) is 7.87. The summed E-state index contributed by atoms with van der Waals surface area (Å²) in [6, 6.07) is 9.73. The van der Waals surface area contributed by atoms with Gasteiger partial charge in [0, 0.05) is 25.2 Å². The van der Waals surface area contributed by atoms with E-state index in [1.807, 2.05) is 35.2 Å². The lowest BCUT2D eigenvalue weighted by atomic mass is 10.0. The molecular weight excluding hydrogens is 318 g/mol. The molecule has 2 N–H and O–H groups in total. The maximum absolute atomic E-state index is 12.4. The highest BCUT2D eigenvalue weighted by Gasteiger charge is 2.39. The number of benzene rings is 1. The van der Waals surface area contributed by atoms with Crippen molar-refractivity contribution in [3.8, 4) is 0 Å². The normalized spacial score (nSPS) is 19.4. The van der Waals surface area contributed by atoms with Gasteiger partial charge < -0.3 is 20.3 Å². The van der Waals surface area contributed by atoms with Crippen LogP contribution in [0.15, 0.2) is 30.3 Å². The molecule has 136 valence electrons. The summed E-state index contributed by atoms with van der Waals surface area (Å²) in [7, 11) is 0. The van der Waals surface area contributed by atoms with Gasteiger partial charge in [0.1, 0.15) is 6.61 Å². The largest absolute Gasteiger partial charge is 0.445 e. The van der Waals surface area contributed by atoms with E-state index >= 15 is 0 Å². The lowest BCUT2D eigenvalue weighted by Crippen LogP contribution is -2.53. The van der Waals surface area contributed by atoms with E-state index < -0.39 is 6.04 Å². The van der Waals surface area contributed by atoms with Crippen LogP contribution in [-0.2, 0) is 16.1 Å². The van der Waals surface area contributed by atoms with E-state index in [0.29, 0.717) is 19.1 Å². The molecule has 25 heavy (non-hydrogen) atoms. The molecule has 1 aromatic rings. The zero-order valence-corrected chi connectivity index (χ0v) is 14.8. The first-order valence-electron chi connectivity index (χ1n) is 9.09. The van der Waals surface area contributed by atoms with Crippen molar-refractivity contribution in [1.29, 1.82) is 0 Å². The third-order valence-corrected chi connectivity index (χ3v) is 4.91. The molecule has 6 heteroatoms. The Balaban J connectivity index is 1.49. The quantitative estimate of drug-likeness (QED) is 0.887. The Morgan fingerprint density at radius 2 is 1.76 bits per heavy atom. The molecule has 1 aliphatic heterocycles. The Morgan fingerprint density at radius 1 is 1.16 bits per heavy atom. The Kier molecular flexibility index (Phi) is 5.58. The van der Waals surface area contributed by atoms with Crippen LogP contribution in [-0.4, -0.2) is 53.0 Å². The molecule has 0 aromatic heterocycles. The molecule has 1 aromatic carbocycles. The Labute approximate surface area is 148 Å². The van der Waals surface area contributed by atoms with Gasteiger partial charge in [-0.05, 0) is 38.2 Å². The summed E-state index contributed by atoms with van der Waals surface area (Å²) in [5.74, 6) is 0.0348. The molecule has 6 nitrogen and oxygen atoms in total. The molecule has 1 saturated carbocycles. The van der Waals surface area contributed by atoms with Crippen molar-refractivity contribution in [2.24, 2.45) is 5.73 Å². The smallest absolute Gasteiger partial charge is 0.410 e. The van der Waals surface area contributed by atoms with Gasteiger partial charge in [-0.15, -0.1) is 0 Å². The minimum Gasteiger partial charge on any atom is -0.445 e. The molecule has 2 fully saturated rings. The minimum atomic E-state index is -0.463. The van der Waals surface area contributed by atoms with E-state index in [1.54, 1.807) is 11.8 Å². The van der Waals surface area contributed by atoms with E-state index in [9.17, 15) is 9.59 Å². The summed E-state index contributed by atoms with van der Waals surface area (Å²) < 4.78 is 5.40. The number of carbonyl (C=O) groups is 2. The molecule has 1 aliphatic carbocycles. The molecule has 0 radical (unpaired) electrons. The number of likely N-dealkylation sites (tertiary alicyclic amines) is 1. The zero-order valence-electron chi connectivity index (χ0n) is 14.8. The number of rotatable bonds is 5. The summed E-state index contributed by atoms with van der Waals surface area (Å²) in [5.41, 5.74) is 6.78. The van der Waals surface area contributed by atoms with Crippen LogP contribution in [0.5, 0.6) is 0 Å². The van der Waals surface area contributed by atoms with Crippen molar-refractivity contribution in [2.75, 3.05) is 13.1 Å². The van der Waals surface area contributed by atoms with Crippen LogP contribution in [0.2, 0.25) is 0 Å². The fraction of sp³-hybridized carbons (Fsp3) is 0.579. The van der Waals surface area contributed by atoms with Gasteiger partial charge in [-0.3, -0.25) is 4.79 Å². The number of carbonyl (C=O) groups excluding carboxylic acids is 2. The first kappa shape index (κ1) is 17.7. The topological polar surface area (TPSA) is 75.9 Å². The third-order valence-electron chi connectivity index (χ3n) is 4.91. The maximum Gasteiger partial charge on any atom is 0.410 e. The second-order valence-electron chi connectivity index (χ2n) is 7.02. The van der Waals surface area contributed by atoms with Crippen molar-refractivity contribution in [3.05, 3.63) is 35.9 Å². The van der Waals surface area contributed by atoms with Gasteiger partial charge in [0.25, 0.3) is 0 Å². The number of hydrogen-bond donors (Lipinski definition) is 1. The van der Waals surface area contributed by atoms with E-state index in [-0.39, 0.29) is 24.6 Å². The molecule has 3 rings (SSSR count). The van der Waals surface area contributed by atoms with Crippen LogP contribution < -0.4 is 5.73 Å². The van der Waals surface area contributed by atoms with Crippen molar-refractivity contribution < 1.29 is 14.3 Å². The molecule has 1 unspecified atom stereocenters. The van der Waals surface area contributed by atoms with Crippen molar-refractivity contribution in [2.45, 2.75) is 57.3 Å². The summed E-state index contributed by atoms with van der Waals surface area (Å²) in [6.45, 7) is 3.27. The van der Waals surface area contributed by atoms with Gasteiger partial charge in [-0.2, -0.15) is 0 Å². The monoisotopic (exact) mass is 345 g/mol. The van der Waals surface area contributed by atoms with E-state index in [4.69, 9.17) is 10.5 Å². The summed E-state index contributed by atoms with van der Waals surface area (Å²) in [5, 5.41) is 0. The predicted molar refractivity (Wildman–Crippen MR) is 94.7 cm³/mol. The maximum atomic E-state index is 12.4. The number of piperidine rings is 1. The fourth-order valence-electron chi connectivity index (χ4n) is 3.38. The average molecular weight is 345 g/mol. The lowest BCUT2D eigenvalue weighted by molar-refractivity contribution is -0.136. The van der Waals surface area contributed by atoms with Crippen LogP contribution >= 0.6 is 0 Å². The Morgan fingerprint density at radius 3 is 2.32 bits per heavy atom. The Bertz CT molecular complexity index is 593. The molecule has 2 amide bonds. The number of nitrogens with zero attached hydrogens (tertiary/aromatic N) is 2.